The molecule has 1 aliphatic heterocycles. The van der Waals surface area contributed by atoms with Crippen molar-refractivity contribution in [2.24, 2.45) is 4.99 Å². The largest absolute Gasteiger partial charge is 0.488 e. The number of ether oxygens (including phenoxy) is 2. The molecule has 2 heterocycles. The molecular weight excluding hydrogens is 503 g/mol. The van der Waals surface area contributed by atoms with Crippen LogP contribution in [0.5, 0.6) is 5.75 Å². The van der Waals surface area contributed by atoms with Crippen molar-refractivity contribution in [2.75, 3.05) is 20.3 Å². The van der Waals surface area contributed by atoms with E-state index in [0.29, 0.717) is 19.7 Å². The highest BCUT2D eigenvalue weighted by molar-refractivity contribution is 14.0. The predicted octanol–water partition coefficient (Wildman–Crippen LogP) is 4.19. The molecule has 0 aliphatic carbocycles. The fraction of sp³-hybridized carbons (Fsp3) is 0.333. The van der Waals surface area contributed by atoms with Crippen LogP contribution in [0.3, 0.4) is 0 Å². The molecule has 3 aromatic rings. The number of benzene rings is 2. The monoisotopic (exact) mass is 532 g/mol. The third-order valence-electron chi connectivity index (χ3n) is 5.26. The Hall–Kier alpha value is -2.39. The number of pyridine rings is 1. The number of hydrogen-bond acceptors (Lipinski definition) is 4. The molecule has 1 aromatic heterocycles. The van der Waals surface area contributed by atoms with Crippen LogP contribution in [0.4, 0.5) is 0 Å². The molecule has 164 valence electrons. The first-order valence-corrected chi connectivity index (χ1v) is 10.3. The van der Waals surface area contributed by atoms with Gasteiger partial charge in [-0.1, -0.05) is 30.3 Å². The van der Waals surface area contributed by atoms with Gasteiger partial charge in [0.05, 0.1) is 18.7 Å². The van der Waals surface area contributed by atoms with Gasteiger partial charge in [0.25, 0.3) is 0 Å². The van der Waals surface area contributed by atoms with E-state index >= 15 is 0 Å². The smallest absolute Gasteiger partial charge is 0.191 e. The highest BCUT2D eigenvalue weighted by Crippen LogP contribution is 2.24. The predicted molar refractivity (Wildman–Crippen MR) is 135 cm³/mol. The van der Waals surface area contributed by atoms with Gasteiger partial charge in [-0.3, -0.25) is 9.98 Å². The fourth-order valence-electron chi connectivity index (χ4n) is 3.59. The lowest BCUT2D eigenvalue weighted by atomic mass is 10.1. The number of hydrogen-bond donors (Lipinski definition) is 2. The molecule has 1 unspecified atom stereocenters. The molecule has 6 nitrogen and oxygen atoms in total. The van der Waals surface area contributed by atoms with Gasteiger partial charge in [0.1, 0.15) is 11.9 Å². The lowest BCUT2D eigenvalue weighted by molar-refractivity contribution is 0.140. The van der Waals surface area contributed by atoms with Gasteiger partial charge in [0.2, 0.25) is 0 Å². The highest BCUT2D eigenvalue weighted by Gasteiger charge is 2.18. The summed E-state index contributed by atoms with van der Waals surface area (Å²) in [7, 11) is 1.78. The number of para-hydroxylation sites is 1. The van der Waals surface area contributed by atoms with E-state index in [4.69, 9.17) is 9.47 Å². The van der Waals surface area contributed by atoms with E-state index < -0.39 is 0 Å². The van der Waals surface area contributed by atoms with Crippen molar-refractivity contribution in [2.45, 2.75) is 32.5 Å². The Morgan fingerprint density at radius 2 is 1.94 bits per heavy atom. The highest BCUT2D eigenvalue weighted by atomic mass is 127. The van der Waals surface area contributed by atoms with E-state index in [0.717, 1.165) is 41.2 Å². The molecule has 0 spiro atoms. The number of rotatable bonds is 6. The second-order valence-electron chi connectivity index (χ2n) is 7.48. The molecule has 1 atom stereocenters. The first kappa shape index (κ1) is 23.3. The van der Waals surface area contributed by atoms with Crippen molar-refractivity contribution in [3.8, 4) is 5.75 Å². The van der Waals surface area contributed by atoms with Crippen molar-refractivity contribution in [3.05, 3.63) is 71.4 Å². The number of nitrogens with one attached hydrogen (secondary N) is 2. The van der Waals surface area contributed by atoms with E-state index in [1.807, 2.05) is 30.5 Å². The summed E-state index contributed by atoms with van der Waals surface area (Å²) in [5.41, 5.74) is 4.46. The summed E-state index contributed by atoms with van der Waals surface area (Å²) in [5, 5.41) is 7.95. The van der Waals surface area contributed by atoms with E-state index in [9.17, 15) is 0 Å². The topological polar surface area (TPSA) is 67.8 Å². The zero-order chi connectivity index (χ0) is 20.8. The average molecular weight is 532 g/mol. The van der Waals surface area contributed by atoms with Crippen molar-refractivity contribution < 1.29 is 9.47 Å². The van der Waals surface area contributed by atoms with Gasteiger partial charge < -0.3 is 20.1 Å². The Morgan fingerprint density at radius 1 is 1.13 bits per heavy atom. The van der Waals surface area contributed by atoms with Crippen LogP contribution >= 0.6 is 24.0 Å². The molecule has 0 bridgehead atoms. The van der Waals surface area contributed by atoms with Crippen LogP contribution in [0, 0.1) is 6.92 Å². The minimum Gasteiger partial charge on any atom is -0.488 e. The zero-order valence-electron chi connectivity index (χ0n) is 17.9. The quantitative estimate of drug-likeness (QED) is 0.283. The Balaban J connectivity index is 0.00000272. The lowest BCUT2D eigenvalue weighted by Gasteiger charge is -2.18. The molecule has 1 saturated heterocycles. The first-order chi connectivity index (χ1) is 14.7. The molecule has 1 fully saturated rings. The summed E-state index contributed by atoms with van der Waals surface area (Å²) in [6.07, 6.45) is 2.91. The van der Waals surface area contributed by atoms with Crippen molar-refractivity contribution in [3.63, 3.8) is 0 Å². The lowest BCUT2D eigenvalue weighted by Crippen LogP contribution is -2.36. The first-order valence-electron chi connectivity index (χ1n) is 10.3. The fourth-order valence-corrected chi connectivity index (χ4v) is 3.59. The van der Waals surface area contributed by atoms with Gasteiger partial charge in [-0.15, -0.1) is 24.0 Å². The Labute approximate surface area is 200 Å². The Kier molecular flexibility index (Phi) is 8.48. The normalized spacial score (nSPS) is 16.1. The number of nitrogens with zero attached hydrogens (tertiary/aromatic N) is 2. The van der Waals surface area contributed by atoms with Crippen molar-refractivity contribution in [1.82, 2.24) is 15.6 Å². The van der Waals surface area contributed by atoms with Crippen LogP contribution in [0.15, 0.2) is 59.7 Å². The molecule has 1 aliphatic rings. The third-order valence-corrected chi connectivity index (χ3v) is 5.26. The standard InChI is InChI=1S/C24H28N4O2.HI/c1-17-7-8-19(23(13-17)30-20-10-12-29-16-20)15-28-24(25-2)27-14-18-9-11-26-22-6-4-3-5-21(18)22;/h3-9,11,13,20H,10,12,14-16H2,1-2H3,(H2,25,27,28);1H. The maximum Gasteiger partial charge on any atom is 0.191 e. The van der Waals surface area contributed by atoms with E-state index in [2.05, 4.69) is 51.8 Å². The number of aliphatic imine (C=N–C) groups is 1. The summed E-state index contributed by atoms with van der Waals surface area (Å²) in [4.78, 5) is 8.79. The molecule has 7 heteroatoms. The van der Waals surface area contributed by atoms with E-state index in [-0.39, 0.29) is 30.1 Å². The SMILES string of the molecule is CN=C(NCc1ccc(C)cc1OC1CCOC1)NCc1ccnc2ccccc12.I. The number of guanidine groups is 1. The summed E-state index contributed by atoms with van der Waals surface area (Å²) < 4.78 is 11.6. The number of fused-ring (bicyclic) bond motifs is 1. The van der Waals surface area contributed by atoms with E-state index in [1.54, 1.807) is 7.05 Å². The van der Waals surface area contributed by atoms with Crippen LogP contribution in [0.25, 0.3) is 10.9 Å². The summed E-state index contributed by atoms with van der Waals surface area (Å²) >= 11 is 0. The zero-order valence-corrected chi connectivity index (χ0v) is 20.3. The van der Waals surface area contributed by atoms with Crippen molar-refractivity contribution >= 4 is 40.8 Å². The van der Waals surface area contributed by atoms with Gasteiger partial charge >= 0.3 is 0 Å². The molecule has 0 saturated carbocycles. The van der Waals surface area contributed by atoms with Crippen molar-refractivity contribution in [1.29, 1.82) is 0 Å². The van der Waals surface area contributed by atoms with Crippen LogP contribution in [-0.2, 0) is 17.8 Å². The van der Waals surface area contributed by atoms with Crippen LogP contribution in [0.1, 0.15) is 23.1 Å². The molecule has 0 amide bonds. The third kappa shape index (κ3) is 6.07. The summed E-state index contributed by atoms with van der Waals surface area (Å²) in [5.74, 6) is 1.65. The van der Waals surface area contributed by atoms with Crippen LogP contribution in [-0.4, -0.2) is 37.3 Å². The Morgan fingerprint density at radius 3 is 2.71 bits per heavy atom. The number of aryl methyl sites for hydroxylation is 1. The molecule has 4 rings (SSSR count). The van der Waals surface area contributed by atoms with Crippen LogP contribution < -0.4 is 15.4 Å². The van der Waals surface area contributed by atoms with Gasteiger partial charge in [-0.05, 0) is 36.2 Å². The van der Waals surface area contributed by atoms with Crippen LogP contribution in [0.2, 0.25) is 0 Å². The van der Waals surface area contributed by atoms with Gasteiger partial charge in [0.15, 0.2) is 5.96 Å². The molecule has 2 N–H and O–H groups in total. The molecule has 0 radical (unpaired) electrons. The van der Waals surface area contributed by atoms with E-state index in [1.165, 1.54) is 11.1 Å². The maximum absolute atomic E-state index is 6.20. The van der Waals surface area contributed by atoms with Gasteiger partial charge in [0, 0.05) is 43.7 Å². The minimum atomic E-state index is 0. The van der Waals surface area contributed by atoms with Gasteiger partial charge in [-0.2, -0.15) is 0 Å². The second kappa shape index (κ2) is 11.3. The number of halogens is 1. The average Bonchev–Trinajstić information content (AvgIpc) is 3.28. The van der Waals surface area contributed by atoms with Gasteiger partial charge in [-0.25, -0.2) is 0 Å². The number of aromatic nitrogens is 1. The summed E-state index contributed by atoms with van der Waals surface area (Å²) in [6.45, 7) is 4.79. The Bertz CT molecular complexity index is 1030. The second-order valence-corrected chi connectivity index (χ2v) is 7.48. The molecular formula is C24H29IN4O2. The molecule has 2 aromatic carbocycles. The summed E-state index contributed by atoms with van der Waals surface area (Å²) in [6, 6.07) is 16.5. The minimum absolute atomic E-state index is 0. The molecule has 31 heavy (non-hydrogen) atoms. The maximum atomic E-state index is 6.20.